The zero-order chi connectivity index (χ0) is 14.3. The van der Waals surface area contributed by atoms with Gasteiger partial charge in [-0.25, -0.2) is 4.79 Å². The minimum absolute atomic E-state index is 0.0836. The predicted molar refractivity (Wildman–Crippen MR) is 74.9 cm³/mol. The maximum absolute atomic E-state index is 11.6. The van der Waals surface area contributed by atoms with Crippen molar-refractivity contribution in [2.45, 2.75) is 45.9 Å². The number of rotatable bonds is 7. The first-order valence-corrected chi connectivity index (χ1v) is 6.66. The number of nitrogens with two attached hydrogens (primary N) is 1. The topological polar surface area (TPSA) is 61.5 Å². The van der Waals surface area contributed by atoms with Crippen LogP contribution in [0.1, 0.15) is 43.1 Å². The first kappa shape index (κ1) is 15.7. The van der Waals surface area contributed by atoms with Crippen LogP contribution in [0.15, 0.2) is 24.3 Å². The molecular weight excluding hydrogens is 242 g/mol. The second kappa shape index (κ2) is 7.92. The van der Waals surface area contributed by atoms with E-state index >= 15 is 0 Å². The van der Waals surface area contributed by atoms with Crippen LogP contribution in [-0.4, -0.2) is 24.7 Å². The van der Waals surface area contributed by atoms with Gasteiger partial charge < -0.3 is 15.2 Å². The van der Waals surface area contributed by atoms with Crippen LogP contribution < -0.4 is 5.73 Å². The van der Waals surface area contributed by atoms with E-state index < -0.39 is 0 Å². The third kappa shape index (κ3) is 5.85. The van der Waals surface area contributed by atoms with E-state index in [-0.39, 0.29) is 18.1 Å². The van der Waals surface area contributed by atoms with Gasteiger partial charge in [-0.3, -0.25) is 0 Å². The molecule has 0 amide bonds. The van der Waals surface area contributed by atoms with Gasteiger partial charge in [0.1, 0.15) is 0 Å². The van der Waals surface area contributed by atoms with Gasteiger partial charge in [0.25, 0.3) is 0 Å². The summed E-state index contributed by atoms with van der Waals surface area (Å²) in [7, 11) is 0. The molecule has 1 aromatic rings. The lowest BCUT2D eigenvalue weighted by molar-refractivity contribution is 0.0378. The van der Waals surface area contributed by atoms with Gasteiger partial charge >= 0.3 is 5.97 Å². The standard InChI is InChI=1S/C15H23NO3/c1-4-14(16)10-18-9-12-5-7-13(8-6-12)15(17)19-11(2)3/h5-8,11,14H,4,9-10,16H2,1-3H3. The fourth-order valence-corrected chi connectivity index (χ4v) is 1.47. The van der Waals surface area contributed by atoms with Crippen molar-refractivity contribution in [1.29, 1.82) is 0 Å². The maximum atomic E-state index is 11.6. The largest absolute Gasteiger partial charge is 0.459 e. The first-order valence-electron chi connectivity index (χ1n) is 6.66. The Kier molecular flexibility index (Phi) is 6.53. The molecule has 0 saturated carbocycles. The maximum Gasteiger partial charge on any atom is 0.338 e. The number of benzene rings is 1. The lowest BCUT2D eigenvalue weighted by atomic mass is 10.1. The Morgan fingerprint density at radius 1 is 1.26 bits per heavy atom. The summed E-state index contributed by atoms with van der Waals surface area (Å²) in [6.07, 6.45) is 0.797. The second-order valence-corrected chi connectivity index (χ2v) is 4.83. The van der Waals surface area contributed by atoms with Crippen LogP contribution in [0.5, 0.6) is 0 Å². The van der Waals surface area contributed by atoms with E-state index in [2.05, 4.69) is 0 Å². The fraction of sp³-hybridized carbons (Fsp3) is 0.533. The Morgan fingerprint density at radius 3 is 2.42 bits per heavy atom. The van der Waals surface area contributed by atoms with E-state index in [4.69, 9.17) is 15.2 Å². The quantitative estimate of drug-likeness (QED) is 0.769. The SMILES string of the molecule is CCC(N)COCc1ccc(C(=O)OC(C)C)cc1. The lowest BCUT2D eigenvalue weighted by Gasteiger charge is -2.10. The molecule has 0 fully saturated rings. The molecule has 0 aliphatic rings. The zero-order valence-corrected chi connectivity index (χ0v) is 11.9. The molecule has 4 nitrogen and oxygen atoms in total. The summed E-state index contributed by atoms with van der Waals surface area (Å²) in [6, 6.07) is 7.33. The van der Waals surface area contributed by atoms with Gasteiger partial charge in [-0.15, -0.1) is 0 Å². The molecular formula is C15H23NO3. The van der Waals surface area contributed by atoms with E-state index in [0.717, 1.165) is 12.0 Å². The Morgan fingerprint density at radius 2 is 1.89 bits per heavy atom. The fourth-order valence-electron chi connectivity index (χ4n) is 1.47. The molecule has 106 valence electrons. The number of hydrogen-bond donors (Lipinski definition) is 1. The van der Waals surface area contributed by atoms with Crippen LogP contribution in [0.2, 0.25) is 0 Å². The molecule has 4 heteroatoms. The molecule has 0 bridgehead atoms. The summed E-state index contributed by atoms with van der Waals surface area (Å²) < 4.78 is 10.6. The summed E-state index contributed by atoms with van der Waals surface area (Å²) in [5, 5.41) is 0. The predicted octanol–water partition coefficient (Wildman–Crippen LogP) is 2.51. The molecule has 19 heavy (non-hydrogen) atoms. The average molecular weight is 265 g/mol. The molecule has 0 aliphatic heterocycles. The molecule has 1 aromatic carbocycles. The summed E-state index contributed by atoms with van der Waals surface area (Å²) in [5.41, 5.74) is 7.34. The number of carbonyl (C=O) groups excluding carboxylic acids is 1. The van der Waals surface area contributed by atoms with Crippen molar-refractivity contribution in [3.05, 3.63) is 35.4 Å². The number of carbonyl (C=O) groups is 1. The van der Waals surface area contributed by atoms with Gasteiger partial charge in [-0.2, -0.15) is 0 Å². The van der Waals surface area contributed by atoms with Crippen LogP contribution in [-0.2, 0) is 16.1 Å². The van der Waals surface area contributed by atoms with Crippen molar-refractivity contribution in [2.75, 3.05) is 6.61 Å². The van der Waals surface area contributed by atoms with Crippen LogP contribution in [0.3, 0.4) is 0 Å². The van der Waals surface area contributed by atoms with Gasteiger partial charge in [0.15, 0.2) is 0 Å². The summed E-state index contributed by atoms with van der Waals surface area (Å²) >= 11 is 0. The number of esters is 1. The minimum atomic E-state index is -0.296. The molecule has 0 heterocycles. The molecule has 2 N–H and O–H groups in total. The minimum Gasteiger partial charge on any atom is -0.459 e. The van der Waals surface area contributed by atoms with Crippen LogP contribution >= 0.6 is 0 Å². The highest BCUT2D eigenvalue weighted by molar-refractivity contribution is 5.89. The molecule has 0 radical (unpaired) electrons. The van der Waals surface area contributed by atoms with E-state index in [1.165, 1.54) is 0 Å². The Hall–Kier alpha value is -1.39. The van der Waals surface area contributed by atoms with Crippen molar-refractivity contribution >= 4 is 5.97 Å². The number of hydrogen-bond acceptors (Lipinski definition) is 4. The summed E-state index contributed by atoms with van der Waals surface area (Å²) in [4.78, 5) is 11.6. The lowest BCUT2D eigenvalue weighted by Crippen LogP contribution is -2.24. The van der Waals surface area contributed by atoms with Crippen molar-refractivity contribution in [2.24, 2.45) is 5.73 Å². The van der Waals surface area contributed by atoms with Gasteiger partial charge in [-0.05, 0) is 38.0 Å². The van der Waals surface area contributed by atoms with Gasteiger partial charge in [0.05, 0.1) is 24.9 Å². The Balaban J connectivity index is 2.45. The highest BCUT2D eigenvalue weighted by Gasteiger charge is 2.08. The highest BCUT2D eigenvalue weighted by Crippen LogP contribution is 2.08. The van der Waals surface area contributed by atoms with E-state index in [1.807, 2.05) is 32.9 Å². The first-order chi connectivity index (χ1) is 9.02. The van der Waals surface area contributed by atoms with E-state index in [1.54, 1.807) is 12.1 Å². The molecule has 0 aromatic heterocycles. The van der Waals surface area contributed by atoms with Crippen molar-refractivity contribution < 1.29 is 14.3 Å². The Labute approximate surface area is 114 Å². The normalized spacial score (nSPS) is 12.5. The van der Waals surface area contributed by atoms with Crippen LogP contribution in [0, 0.1) is 0 Å². The molecule has 1 unspecified atom stereocenters. The third-order valence-electron chi connectivity index (χ3n) is 2.66. The van der Waals surface area contributed by atoms with Crippen LogP contribution in [0.25, 0.3) is 0 Å². The van der Waals surface area contributed by atoms with E-state index in [0.29, 0.717) is 18.8 Å². The monoisotopic (exact) mass is 265 g/mol. The molecule has 0 spiro atoms. The van der Waals surface area contributed by atoms with Crippen molar-refractivity contribution in [3.63, 3.8) is 0 Å². The molecule has 0 saturated heterocycles. The average Bonchev–Trinajstić information content (AvgIpc) is 2.38. The van der Waals surface area contributed by atoms with Crippen molar-refractivity contribution in [1.82, 2.24) is 0 Å². The van der Waals surface area contributed by atoms with E-state index in [9.17, 15) is 4.79 Å². The molecule has 0 aliphatic carbocycles. The Bertz CT molecular complexity index is 387. The summed E-state index contributed by atoms with van der Waals surface area (Å²) in [5.74, 6) is -0.296. The zero-order valence-electron chi connectivity index (χ0n) is 11.9. The van der Waals surface area contributed by atoms with Crippen LogP contribution in [0.4, 0.5) is 0 Å². The molecule has 1 rings (SSSR count). The van der Waals surface area contributed by atoms with Gasteiger partial charge in [-0.1, -0.05) is 19.1 Å². The third-order valence-corrected chi connectivity index (χ3v) is 2.66. The summed E-state index contributed by atoms with van der Waals surface area (Å²) in [6.45, 7) is 6.75. The number of ether oxygens (including phenoxy) is 2. The highest BCUT2D eigenvalue weighted by atomic mass is 16.5. The van der Waals surface area contributed by atoms with Gasteiger partial charge in [0, 0.05) is 6.04 Å². The second-order valence-electron chi connectivity index (χ2n) is 4.83. The van der Waals surface area contributed by atoms with Gasteiger partial charge in [0.2, 0.25) is 0 Å². The molecule has 1 atom stereocenters. The van der Waals surface area contributed by atoms with Crippen molar-refractivity contribution in [3.8, 4) is 0 Å². The smallest absolute Gasteiger partial charge is 0.338 e.